The zero-order valence-electron chi connectivity index (χ0n) is 11.3. The molecule has 0 aromatic heterocycles. The van der Waals surface area contributed by atoms with Gasteiger partial charge >= 0.3 is 0 Å². The van der Waals surface area contributed by atoms with Crippen LogP contribution in [0.3, 0.4) is 0 Å². The number of carbonyl (C=O) groups is 1. The molecule has 4 heteroatoms. The number of amides is 1. The van der Waals surface area contributed by atoms with Crippen LogP contribution >= 0.6 is 0 Å². The molecule has 17 heavy (non-hydrogen) atoms. The third kappa shape index (κ3) is 5.50. The highest BCUT2D eigenvalue weighted by Crippen LogP contribution is 2.07. The van der Waals surface area contributed by atoms with E-state index in [9.17, 15) is 4.79 Å². The average Bonchev–Trinajstić information content (AvgIpc) is 2.34. The third-order valence-corrected chi connectivity index (χ3v) is 3.34. The molecule has 0 aliphatic carbocycles. The summed E-state index contributed by atoms with van der Waals surface area (Å²) in [6.45, 7) is 10.1. The van der Waals surface area contributed by atoms with Crippen LogP contribution in [-0.4, -0.2) is 55.0 Å². The molecule has 0 saturated carbocycles. The average molecular weight is 241 g/mol. The quantitative estimate of drug-likeness (QED) is 0.752. The Hall–Kier alpha value is -0.610. The van der Waals surface area contributed by atoms with Crippen molar-refractivity contribution in [2.45, 2.75) is 33.1 Å². The summed E-state index contributed by atoms with van der Waals surface area (Å²) < 4.78 is 0. The van der Waals surface area contributed by atoms with Gasteiger partial charge in [0.05, 0.1) is 0 Å². The van der Waals surface area contributed by atoms with Crippen molar-refractivity contribution in [1.82, 2.24) is 9.80 Å². The highest BCUT2D eigenvalue weighted by atomic mass is 16.2. The molecule has 1 fully saturated rings. The summed E-state index contributed by atoms with van der Waals surface area (Å²) in [6.07, 6.45) is 2.68. The molecule has 0 atom stereocenters. The maximum atomic E-state index is 11.8. The molecule has 1 aliphatic rings. The molecular formula is C13H27N3O. The van der Waals surface area contributed by atoms with E-state index in [2.05, 4.69) is 18.7 Å². The lowest BCUT2D eigenvalue weighted by Crippen LogP contribution is -2.49. The molecule has 2 N–H and O–H groups in total. The molecule has 0 bridgehead atoms. The molecule has 100 valence electrons. The first kappa shape index (κ1) is 14.5. The Bertz CT molecular complexity index is 223. The van der Waals surface area contributed by atoms with Gasteiger partial charge in [-0.25, -0.2) is 0 Å². The van der Waals surface area contributed by atoms with Crippen molar-refractivity contribution in [3.63, 3.8) is 0 Å². The summed E-state index contributed by atoms with van der Waals surface area (Å²) in [7, 11) is 0. The van der Waals surface area contributed by atoms with Gasteiger partial charge in [0, 0.05) is 32.6 Å². The second kappa shape index (κ2) is 7.67. The number of rotatable bonds is 6. The van der Waals surface area contributed by atoms with Gasteiger partial charge in [-0.05, 0) is 31.8 Å². The van der Waals surface area contributed by atoms with E-state index in [4.69, 9.17) is 5.73 Å². The summed E-state index contributed by atoms with van der Waals surface area (Å²) in [5, 5.41) is 0. The topological polar surface area (TPSA) is 49.6 Å². The van der Waals surface area contributed by atoms with Crippen LogP contribution in [0.25, 0.3) is 0 Å². The first-order valence-corrected chi connectivity index (χ1v) is 6.83. The van der Waals surface area contributed by atoms with E-state index in [0.717, 1.165) is 38.5 Å². The molecule has 1 rings (SSSR count). The van der Waals surface area contributed by atoms with Crippen LogP contribution < -0.4 is 5.73 Å². The molecule has 0 unspecified atom stereocenters. The van der Waals surface area contributed by atoms with Crippen molar-refractivity contribution in [2.75, 3.05) is 39.3 Å². The Morgan fingerprint density at radius 3 is 2.41 bits per heavy atom. The largest absolute Gasteiger partial charge is 0.340 e. The van der Waals surface area contributed by atoms with Gasteiger partial charge in [0.15, 0.2) is 0 Å². The molecule has 4 nitrogen and oxygen atoms in total. The highest BCUT2D eigenvalue weighted by molar-refractivity contribution is 5.76. The van der Waals surface area contributed by atoms with Crippen molar-refractivity contribution >= 4 is 5.91 Å². The van der Waals surface area contributed by atoms with Gasteiger partial charge in [0.1, 0.15) is 0 Å². The fourth-order valence-electron chi connectivity index (χ4n) is 2.07. The van der Waals surface area contributed by atoms with Crippen LogP contribution in [0.1, 0.15) is 33.1 Å². The van der Waals surface area contributed by atoms with Gasteiger partial charge in [-0.2, -0.15) is 0 Å². The van der Waals surface area contributed by atoms with E-state index in [1.807, 2.05) is 4.90 Å². The summed E-state index contributed by atoms with van der Waals surface area (Å²) in [4.78, 5) is 16.2. The highest BCUT2D eigenvalue weighted by Gasteiger charge is 2.20. The minimum absolute atomic E-state index is 0.277. The van der Waals surface area contributed by atoms with Crippen molar-refractivity contribution in [3.05, 3.63) is 0 Å². The number of piperazine rings is 1. The van der Waals surface area contributed by atoms with Gasteiger partial charge in [-0.1, -0.05) is 13.8 Å². The fraction of sp³-hybridized carbons (Fsp3) is 0.923. The van der Waals surface area contributed by atoms with Crippen LogP contribution in [0, 0.1) is 5.92 Å². The molecule has 1 amide bonds. The Balaban J connectivity index is 2.18. The molecule has 1 saturated heterocycles. The van der Waals surface area contributed by atoms with Crippen molar-refractivity contribution in [1.29, 1.82) is 0 Å². The predicted molar refractivity (Wildman–Crippen MR) is 70.8 cm³/mol. The smallest absolute Gasteiger partial charge is 0.222 e. The van der Waals surface area contributed by atoms with Gasteiger partial charge in [-0.15, -0.1) is 0 Å². The first-order valence-electron chi connectivity index (χ1n) is 6.83. The Morgan fingerprint density at radius 2 is 1.88 bits per heavy atom. The monoisotopic (exact) mass is 241 g/mol. The second-order valence-corrected chi connectivity index (χ2v) is 5.30. The molecule has 1 aliphatic heterocycles. The zero-order valence-corrected chi connectivity index (χ0v) is 11.3. The third-order valence-electron chi connectivity index (χ3n) is 3.34. The Morgan fingerprint density at radius 1 is 1.24 bits per heavy atom. The zero-order chi connectivity index (χ0) is 12.7. The maximum absolute atomic E-state index is 11.8. The molecule has 0 aromatic rings. The van der Waals surface area contributed by atoms with Gasteiger partial charge in [0.25, 0.3) is 0 Å². The van der Waals surface area contributed by atoms with Crippen molar-refractivity contribution in [3.8, 4) is 0 Å². The number of hydrogen-bond donors (Lipinski definition) is 1. The van der Waals surface area contributed by atoms with Gasteiger partial charge in [-0.3, -0.25) is 9.69 Å². The molecular weight excluding hydrogens is 214 g/mol. The Kier molecular flexibility index (Phi) is 6.52. The first-order chi connectivity index (χ1) is 8.13. The standard InChI is InChI=1S/C13H27N3O/c1-12(2)5-7-15-8-10-16(11-9-15)13(17)4-3-6-14/h12H,3-11,14H2,1-2H3. The van der Waals surface area contributed by atoms with Crippen LogP contribution in [-0.2, 0) is 4.79 Å². The second-order valence-electron chi connectivity index (χ2n) is 5.30. The van der Waals surface area contributed by atoms with Crippen molar-refractivity contribution in [2.24, 2.45) is 11.7 Å². The molecule has 0 aromatic carbocycles. The fourth-order valence-corrected chi connectivity index (χ4v) is 2.07. The van der Waals surface area contributed by atoms with E-state index in [1.165, 1.54) is 13.0 Å². The summed E-state index contributed by atoms with van der Waals surface area (Å²) >= 11 is 0. The van der Waals surface area contributed by atoms with Crippen LogP contribution in [0.4, 0.5) is 0 Å². The number of hydrogen-bond acceptors (Lipinski definition) is 3. The Labute approximate surface area is 105 Å². The van der Waals surface area contributed by atoms with E-state index in [-0.39, 0.29) is 5.91 Å². The lowest BCUT2D eigenvalue weighted by Gasteiger charge is -2.35. The van der Waals surface area contributed by atoms with E-state index in [0.29, 0.717) is 13.0 Å². The van der Waals surface area contributed by atoms with E-state index < -0.39 is 0 Å². The maximum Gasteiger partial charge on any atom is 0.222 e. The van der Waals surface area contributed by atoms with Crippen molar-refractivity contribution < 1.29 is 4.79 Å². The molecule has 0 radical (unpaired) electrons. The van der Waals surface area contributed by atoms with Gasteiger partial charge in [0.2, 0.25) is 5.91 Å². The van der Waals surface area contributed by atoms with Crippen LogP contribution in [0.2, 0.25) is 0 Å². The van der Waals surface area contributed by atoms with E-state index in [1.54, 1.807) is 0 Å². The minimum atomic E-state index is 0.277. The molecule has 1 heterocycles. The number of nitrogens with zero attached hydrogens (tertiary/aromatic N) is 2. The lowest BCUT2D eigenvalue weighted by molar-refractivity contribution is -0.133. The summed E-state index contributed by atoms with van der Waals surface area (Å²) in [5.74, 6) is 1.04. The number of nitrogens with two attached hydrogens (primary N) is 1. The predicted octanol–water partition coefficient (Wildman–Crippen LogP) is 0.916. The summed E-state index contributed by atoms with van der Waals surface area (Å²) in [6, 6.07) is 0. The minimum Gasteiger partial charge on any atom is -0.340 e. The van der Waals surface area contributed by atoms with Crippen LogP contribution in [0.15, 0.2) is 0 Å². The van der Waals surface area contributed by atoms with Crippen LogP contribution in [0.5, 0.6) is 0 Å². The van der Waals surface area contributed by atoms with E-state index >= 15 is 0 Å². The lowest BCUT2D eigenvalue weighted by atomic mass is 10.1. The summed E-state index contributed by atoms with van der Waals surface area (Å²) in [5.41, 5.74) is 5.42. The normalized spacial score (nSPS) is 17.8. The van der Waals surface area contributed by atoms with Gasteiger partial charge < -0.3 is 10.6 Å². The number of carbonyl (C=O) groups excluding carboxylic acids is 1. The molecule has 0 spiro atoms. The SMILES string of the molecule is CC(C)CCN1CCN(C(=O)CCCN)CC1.